The van der Waals surface area contributed by atoms with Crippen molar-refractivity contribution in [3.8, 4) is 11.3 Å². The zero-order chi connectivity index (χ0) is 13.7. The lowest BCUT2D eigenvalue weighted by Crippen LogP contribution is -2.13. The van der Waals surface area contributed by atoms with Crippen molar-refractivity contribution in [2.75, 3.05) is 5.32 Å². The summed E-state index contributed by atoms with van der Waals surface area (Å²) in [6, 6.07) is 9.89. The third kappa shape index (κ3) is 1.67. The van der Waals surface area contributed by atoms with Gasteiger partial charge in [-0.2, -0.15) is 0 Å². The molecular formula is C15H10BrN3O. The van der Waals surface area contributed by atoms with Gasteiger partial charge in [0, 0.05) is 27.1 Å². The molecule has 5 heteroatoms. The number of benzene rings is 1. The SMILES string of the molecule is O=C1Cc2c([nH]c3ccc(Br)cc23)-c2cccnc2N1. The van der Waals surface area contributed by atoms with E-state index in [0.29, 0.717) is 12.2 Å². The molecule has 1 aromatic carbocycles. The number of pyridine rings is 1. The van der Waals surface area contributed by atoms with E-state index >= 15 is 0 Å². The van der Waals surface area contributed by atoms with E-state index < -0.39 is 0 Å². The maximum absolute atomic E-state index is 12.1. The van der Waals surface area contributed by atoms with Gasteiger partial charge in [0.15, 0.2) is 0 Å². The molecule has 1 aliphatic heterocycles. The predicted octanol–water partition coefficient (Wildman–Crippen LogP) is 3.49. The van der Waals surface area contributed by atoms with E-state index in [1.54, 1.807) is 6.20 Å². The van der Waals surface area contributed by atoms with Crippen molar-refractivity contribution in [1.82, 2.24) is 9.97 Å². The lowest BCUT2D eigenvalue weighted by atomic mass is 10.0. The number of aromatic amines is 1. The Morgan fingerprint density at radius 3 is 3.05 bits per heavy atom. The summed E-state index contributed by atoms with van der Waals surface area (Å²) in [7, 11) is 0. The van der Waals surface area contributed by atoms with Gasteiger partial charge in [0.25, 0.3) is 0 Å². The second-order valence-corrected chi connectivity index (χ2v) is 5.71. The summed E-state index contributed by atoms with van der Waals surface area (Å²) in [6.45, 7) is 0. The number of nitrogens with one attached hydrogen (secondary N) is 2. The molecule has 0 saturated carbocycles. The molecular weight excluding hydrogens is 318 g/mol. The number of carbonyl (C=O) groups excluding carboxylic acids is 1. The Labute approximate surface area is 123 Å². The number of aromatic nitrogens is 2. The van der Waals surface area contributed by atoms with Crippen LogP contribution in [-0.4, -0.2) is 15.9 Å². The molecule has 0 saturated heterocycles. The molecule has 0 fully saturated rings. The van der Waals surface area contributed by atoms with Crippen LogP contribution in [0.3, 0.4) is 0 Å². The van der Waals surface area contributed by atoms with E-state index in [-0.39, 0.29) is 5.91 Å². The van der Waals surface area contributed by atoms with Crippen LogP contribution in [0.1, 0.15) is 5.56 Å². The van der Waals surface area contributed by atoms with Gasteiger partial charge in [-0.3, -0.25) is 4.79 Å². The molecule has 4 rings (SSSR count). The fraction of sp³-hybridized carbons (Fsp3) is 0.0667. The van der Waals surface area contributed by atoms with Crippen LogP contribution < -0.4 is 5.32 Å². The highest BCUT2D eigenvalue weighted by atomic mass is 79.9. The minimum Gasteiger partial charge on any atom is -0.354 e. The second-order valence-electron chi connectivity index (χ2n) is 4.79. The highest BCUT2D eigenvalue weighted by Gasteiger charge is 2.23. The average molecular weight is 328 g/mol. The maximum atomic E-state index is 12.1. The van der Waals surface area contributed by atoms with Gasteiger partial charge in [-0.25, -0.2) is 4.98 Å². The van der Waals surface area contributed by atoms with Gasteiger partial charge < -0.3 is 10.3 Å². The average Bonchev–Trinajstić information content (AvgIpc) is 2.70. The van der Waals surface area contributed by atoms with Crippen LogP contribution in [0.5, 0.6) is 0 Å². The van der Waals surface area contributed by atoms with E-state index in [2.05, 4.69) is 31.2 Å². The molecule has 2 N–H and O–H groups in total. The van der Waals surface area contributed by atoms with Crippen LogP contribution in [0.15, 0.2) is 41.0 Å². The van der Waals surface area contributed by atoms with Crippen LogP contribution in [0.25, 0.3) is 22.2 Å². The van der Waals surface area contributed by atoms with E-state index in [9.17, 15) is 4.79 Å². The molecule has 98 valence electrons. The van der Waals surface area contributed by atoms with Crippen LogP contribution in [-0.2, 0) is 11.2 Å². The van der Waals surface area contributed by atoms with Crippen LogP contribution >= 0.6 is 15.9 Å². The summed E-state index contributed by atoms with van der Waals surface area (Å²) < 4.78 is 1.00. The van der Waals surface area contributed by atoms with Gasteiger partial charge in [0.05, 0.1) is 12.1 Å². The number of carbonyl (C=O) groups is 1. The third-order valence-electron chi connectivity index (χ3n) is 3.54. The van der Waals surface area contributed by atoms with E-state index in [4.69, 9.17) is 0 Å². The van der Waals surface area contributed by atoms with Crippen LogP contribution in [0.2, 0.25) is 0 Å². The summed E-state index contributed by atoms with van der Waals surface area (Å²) in [4.78, 5) is 19.7. The minimum atomic E-state index is -0.0374. The third-order valence-corrected chi connectivity index (χ3v) is 4.03. The van der Waals surface area contributed by atoms with Gasteiger partial charge in [-0.1, -0.05) is 15.9 Å². The first-order valence-corrected chi connectivity index (χ1v) is 7.07. The van der Waals surface area contributed by atoms with Gasteiger partial charge in [-0.15, -0.1) is 0 Å². The number of hydrogen-bond acceptors (Lipinski definition) is 2. The quantitative estimate of drug-likeness (QED) is 0.664. The number of halogens is 1. The van der Waals surface area contributed by atoms with Crippen molar-refractivity contribution in [2.24, 2.45) is 0 Å². The van der Waals surface area contributed by atoms with Gasteiger partial charge >= 0.3 is 0 Å². The molecule has 1 aliphatic rings. The topological polar surface area (TPSA) is 57.8 Å². The van der Waals surface area contributed by atoms with Crippen LogP contribution in [0.4, 0.5) is 5.82 Å². The molecule has 4 nitrogen and oxygen atoms in total. The van der Waals surface area contributed by atoms with Crippen molar-refractivity contribution in [3.05, 3.63) is 46.6 Å². The van der Waals surface area contributed by atoms with Gasteiger partial charge in [-0.05, 0) is 35.9 Å². The number of H-pyrrole nitrogens is 1. The highest BCUT2D eigenvalue weighted by molar-refractivity contribution is 9.10. The zero-order valence-electron chi connectivity index (χ0n) is 10.4. The molecule has 2 aromatic heterocycles. The molecule has 0 spiro atoms. The first-order chi connectivity index (χ1) is 9.72. The second kappa shape index (κ2) is 4.18. The highest BCUT2D eigenvalue weighted by Crippen LogP contribution is 2.36. The summed E-state index contributed by atoms with van der Waals surface area (Å²) in [6.07, 6.45) is 2.03. The molecule has 3 heterocycles. The Kier molecular flexibility index (Phi) is 2.44. The first-order valence-electron chi connectivity index (χ1n) is 6.28. The van der Waals surface area contributed by atoms with Crippen molar-refractivity contribution in [2.45, 2.75) is 6.42 Å². The largest absolute Gasteiger partial charge is 0.354 e. The number of hydrogen-bond donors (Lipinski definition) is 2. The van der Waals surface area contributed by atoms with Crippen molar-refractivity contribution >= 4 is 38.6 Å². The molecule has 0 atom stereocenters. The molecule has 3 aromatic rings. The normalized spacial score (nSPS) is 13.6. The fourth-order valence-corrected chi connectivity index (χ4v) is 3.04. The Morgan fingerprint density at radius 2 is 2.15 bits per heavy atom. The van der Waals surface area contributed by atoms with Gasteiger partial charge in [0.1, 0.15) is 5.82 Å². The summed E-state index contributed by atoms with van der Waals surface area (Å²) >= 11 is 3.48. The summed E-state index contributed by atoms with van der Waals surface area (Å²) in [5.41, 5.74) is 3.95. The standard InChI is InChI=1S/C15H10BrN3O/c16-8-3-4-12-10(6-8)11-7-13(20)19-15-9(14(11)18-12)2-1-5-17-15/h1-6,18H,7H2,(H,17,19,20). The predicted molar refractivity (Wildman–Crippen MR) is 81.6 cm³/mol. The van der Waals surface area contributed by atoms with Crippen molar-refractivity contribution in [1.29, 1.82) is 0 Å². The van der Waals surface area contributed by atoms with E-state index in [1.807, 2.05) is 30.3 Å². The first kappa shape index (κ1) is 11.7. The Morgan fingerprint density at radius 1 is 1.25 bits per heavy atom. The van der Waals surface area contributed by atoms with Crippen molar-refractivity contribution in [3.63, 3.8) is 0 Å². The lowest BCUT2D eigenvalue weighted by Gasteiger charge is -2.04. The molecule has 0 unspecified atom stereocenters. The molecule has 0 aliphatic carbocycles. The molecule has 0 bridgehead atoms. The molecule has 20 heavy (non-hydrogen) atoms. The maximum Gasteiger partial charge on any atom is 0.230 e. The monoisotopic (exact) mass is 327 g/mol. The lowest BCUT2D eigenvalue weighted by molar-refractivity contribution is -0.115. The van der Waals surface area contributed by atoms with Gasteiger partial charge in [0.2, 0.25) is 5.91 Å². The number of rotatable bonds is 0. The molecule has 0 radical (unpaired) electrons. The van der Waals surface area contributed by atoms with E-state index in [1.165, 1.54) is 0 Å². The van der Waals surface area contributed by atoms with E-state index in [0.717, 1.165) is 32.2 Å². The van der Waals surface area contributed by atoms with Crippen LogP contribution in [0, 0.1) is 0 Å². The van der Waals surface area contributed by atoms with Crippen molar-refractivity contribution < 1.29 is 4.79 Å². The Balaban J connectivity index is 2.10. The minimum absolute atomic E-state index is 0.0374. The number of amides is 1. The number of anilines is 1. The number of fused-ring (bicyclic) bond motifs is 5. The summed E-state index contributed by atoms with van der Waals surface area (Å²) in [5.74, 6) is 0.575. The fourth-order valence-electron chi connectivity index (χ4n) is 2.68. The zero-order valence-corrected chi connectivity index (χ0v) is 12.0. The smallest absolute Gasteiger partial charge is 0.230 e. The number of nitrogens with zero attached hydrogens (tertiary/aromatic N) is 1. The Hall–Kier alpha value is -2.14. The summed E-state index contributed by atoms with van der Waals surface area (Å²) in [5, 5.41) is 3.92. The Bertz CT molecular complexity index is 853. The molecule has 1 amide bonds.